The van der Waals surface area contributed by atoms with Gasteiger partial charge in [0.15, 0.2) is 6.29 Å². The number of aliphatic hydroxyl groups excluding tert-OH is 2. The highest BCUT2D eigenvalue weighted by Crippen LogP contribution is 1.99. The lowest BCUT2D eigenvalue weighted by molar-refractivity contribution is -0.183. The molecular formula is C11H24O5. The molecule has 0 aromatic heterocycles. The van der Waals surface area contributed by atoms with Gasteiger partial charge in [-0.1, -0.05) is 13.3 Å². The molecule has 16 heavy (non-hydrogen) atoms. The topological polar surface area (TPSA) is 68.2 Å². The van der Waals surface area contributed by atoms with Crippen LogP contribution in [0.25, 0.3) is 0 Å². The van der Waals surface area contributed by atoms with Crippen LogP contribution in [0.15, 0.2) is 0 Å². The minimum Gasteiger partial charge on any atom is -0.394 e. The summed E-state index contributed by atoms with van der Waals surface area (Å²) < 4.78 is 15.9. The summed E-state index contributed by atoms with van der Waals surface area (Å²) in [6.45, 7) is 5.27. The van der Waals surface area contributed by atoms with Crippen molar-refractivity contribution in [3.63, 3.8) is 0 Å². The molecule has 0 saturated carbocycles. The predicted octanol–water partition coefficient (Wildman–Crippen LogP) is 0.535. The molecule has 0 aliphatic rings. The quantitative estimate of drug-likeness (QED) is 0.405. The summed E-state index contributed by atoms with van der Waals surface area (Å²) in [5.74, 6) is 0. The van der Waals surface area contributed by atoms with E-state index in [4.69, 9.17) is 24.4 Å². The molecule has 0 bridgehead atoms. The molecule has 0 aliphatic carbocycles. The fraction of sp³-hybridized carbons (Fsp3) is 1.00. The molecule has 0 amide bonds. The van der Waals surface area contributed by atoms with Gasteiger partial charge in [-0.05, 0) is 13.3 Å². The molecule has 0 aromatic rings. The van der Waals surface area contributed by atoms with E-state index in [1.807, 2.05) is 6.92 Å². The predicted molar refractivity (Wildman–Crippen MR) is 60.2 cm³/mol. The van der Waals surface area contributed by atoms with E-state index >= 15 is 0 Å². The third-order valence-electron chi connectivity index (χ3n) is 1.93. The van der Waals surface area contributed by atoms with Crippen LogP contribution in [0.4, 0.5) is 0 Å². The Bertz CT molecular complexity index is 142. The lowest BCUT2D eigenvalue weighted by atomic mass is 10.4. The van der Waals surface area contributed by atoms with Gasteiger partial charge in [0.05, 0.1) is 19.8 Å². The molecule has 0 aliphatic heterocycles. The summed E-state index contributed by atoms with van der Waals surface area (Å²) in [6.07, 6.45) is 0.767. The summed E-state index contributed by atoms with van der Waals surface area (Å²) in [6, 6.07) is 0. The molecule has 0 fully saturated rings. The van der Waals surface area contributed by atoms with Gasteiger partial charge in [-0.15, -0.1) is 0 Å². The van der Waals surface area contributed by atoms with E-state index < -0.39 is 12.4 Å². The fourth-order valence-corrected chi connectivity index (χ4v) is 1.03. The fourth-order valence-electron chi connectivity index (χ4n) is 1.03. The molecule has 2 atom stereocenters. The van der Waals surface area contributed by atoms with Gasteiger partial charge >= 0.3 is 0 Å². The Balaban J connectivity index is 3.61. The van der Waals surface area contributed by atoms with Crippen LogP contribution in [0.2, 0.25) is 0 Å². The number of aliphatic hydroxyl groups is 2. The van der Waals surface area contributed by atoms with E-state index in [1.54, 1.807) is 0 Å². The first-order valence-corrected chi connectivity index (χ1v) is 5.84. The van der Waals surface area contributed by atoms with Crippen LogP contribution in [-0.4, -0.2) is 55.6 Å². The van der Waals surface area contributed by atoms with Crippen LogP contribution >= 0.6 is 0 Å². The van der Waals surface area contributed by atoms with Crippen LogP contribution in [0.3, 0.4) is 0 Å². The van der Waals surface area contributed by atoms with Crippen molar-refractivity contribution in [2.24, 2.45) is 0 Å². The van der Waals surface area contributed by atoms with Gasteiger partial charge in [0.25, 0.3) is 0 Å². The maximum Gasteiger partial charge on any atom is 0.180 e. The summed E-state index contributed by atoms with van der Waals surface area (Å²) in [7, 11) is 0. The third-order valence-corrected chi connectivity index (χ3v) is 1.93. The Morgan fingerprint density at radius 3 is 2.44 bits per heavy atom. The van der Waals surface area contributed by atoms with Gasteiger partial charge in [0.1, 0.15) is 6.10 Å². The molecule has 0 radical (unpaired) electrons. The van der Waals surface area contributed by atoms with E-state index in [0.717, 1.165) is 12.8 Å². The first kappa shape index (κ1) is 15.8. The average Bonchev–Trinajstić information content (AvgIpc) is 2.30. The van der Waals surface area contributed by atoms with Crippen molar-refractivity contribution >= 4 is 0 Å². The van der Waals surface area contributed by atoms with E-state index in [1.165, 1.54) is 0 Å². The Morgan fingerprint density at radius 1 is 1.12 bits per heavy atom. The van der Waals surface area contributed by atoms with Crippen LogP contribution < -0.4 is 0 Å². The van der Waals surface area contributed by atoms with Crippen LogP contribution in [-0.2, 0) is 14.2 Å². The highest BCUT2D eigenvalue weighted by Gasteiger charge is 2.11. The van der Waals surface area contributed by atoms with E-state index in [2.05, 4.69) is 6.92 Å². The average molecular weight is 236 g/mol. The molecule has 2 unspecified atom stereocenters. The SMILES string of the molecule is CCCCOCC(OCC)OCC(O)CO. The van der Waals surface area contributed by atoms with Crippen LogP contribution in [0.5, 0.6) is 0 Å². The number of hydrogen-bond acceptors (Lipinski definition) is 5. The number of unbranched alkanes of at least 4 members (excludes halogenated alkanes) is 1. The standard InChI is InChI=1S/C11H24O5/c1-3-5-6-14-9-11(15-4-2)16-8-10(13)7-12/h10-13H,3-9H2,1-2H3. The van der Waals surface area contributed by atoms with Crippen molar-refractivity contribution in [3.8, 4) is 0 Å². The summed E-state index contributed by atoms with van der Waals surface area (Å²) in [5, 5.41) is 17.7. The summed E-state index contributed by atoms with van der Waals surface area (Å²) in [5.41, 5.74) is 0. The Hall–Kier alpha value is -0.200. The first-order valence-electron chi connectivity index (χ1n) is 5.84. The molecule has 0 aromatic carbocycles. The Labute approximate surface area is 97.3 Å². The van der Waals surface area contributed by atoms with Crippen molar-refractivity contribution in [1.29, 1.82) is 0 Å². The molecule has 0 heterocycles. The van der Waals surface area contributed by atoms with Gasteiger partial charge in [0, 0.05) is 13.2 Å². The molecule has 0 saturated heterocycles. The van der Waals surface area contributed by atoms with E-state index in [-0.39, 0.29) is 13.2 Å². The minimum absolute atomic E-state index is 0.0539. The summed E-state index contributed by atoms with van der Waals surface area (Å²) in [4.78, 5) is 0. The van der Waals surface area contributed by atoms with Gasteiger partial charge in [-0.25, -0.2) is 0 Å². The van der Waals surface area contributed by atoms with Gasteiger partial charge in [0.2, 0.25) is 0 Å². The highest BCUT2D eigenvalue weighted by atomic mass is 16.7. The zero-order chi connectivity index (χ0) is 12.2. The van der Waals surface area contributed by atoms with Crippen molar-refractivity contribution in [3.05, 3.63) is 0 Å². The maximum atomic E-state index is 9.11. The van der Waals surface area contributed by atoms with Crippen molar-refractivity contribution in [2.75, 3.05) is 33.0 Å². The minimum atomic E-state index is -0.862. The molecule has 0 rings (SSSR count). The number of hydrogen-bond donors (Lipinski definition) is 2. The van der Waals surface area contributed by atoms with Gasteiger partial charge in [-0.3, -0.25) is 0 Å². The maximum absolute atomic E-state index is 9.11. The second-order valence-corrected chi connectivity index (χ2v) is 3.48. The van der Waals surface area contributed by atoms with E-state index in [9.17, 15) is 0 Å². The lowest BCUT2D eigenvalue weighted by Gasteiger charge is -2.19. The molecule has 0 spiro atoms. The highest BCUT2D eigenvalue weighted by molar-refractivity contribution is 4.51. The zero-order valence-electron chi connectivity index (χ0n) is 10.2. The van der Waals surface area contributed by atoms with Crippen molar-refractivity contribution in [1.82, 2.24) is 0 Å². The smallest absolute Gasteiger partial charge is 0.180 e. The van der Waals surface area contributed by atoms with E-state index in [0.29, 0.717) is 19.8 Å². The van der Waals surface area contributed by atoms with Gasteiger partial charge < -0.3 is 24.4 Å². The number of rotatable bonds is 11. The molecule has 2 N–H and O–H groups in total. The van der Waals surface area contributed by atoms with Crippen molar-refractivity contribution < 1.29 is 24.4 Å². The Kier molecular flexibility index (Phi) is 11.1. The second-order valence-electron chi connectivity index (χ2n) is 3.48. The largest absolute Gasteiger partial charge is 0.394 e. The summed E-state index contributed by atoms with van der Waals surface area (Å²) >= 11 is 0. The normalized spacial score (nSPS) is 15.0. The third kappa shape index (κ3) is 9.06. The van der Waals surface area contributed by atoms with Gasteiger partial charge in [-0.2, -0.15) is 0 Å². The first-order chi connectivity index (χ1) is 7.74. The Morgan fingerprint density at radius 2 is 1.88 bits per heavy atom. The zero-order valence-corrected chi connectivity index (χ0v) is 10.2. The molecular weight excluding hydrogens is 212 g/mol. The van der Waals surface area contributed by atoms with Crippen LogP contribution in [0, 0.1) is 0 Å². The van der Waals surface area contributed by atoms with Crippen molar-refractivity contribution in [2.45, 2.75) is 39.1 Å². The second kappa shape index (κ2) is 11.3. The lowest BCUT2D eigenvalue weighted by Crippen LogP contribution is -2.29. The molecule has 98 valence electrons. The molecule has 5 heteroatoms. The van der Waals surface area contributed by atoms with Crippen LogP contribution in [0.1, 0.15) is 26.7 Å². The monoisotopic (exact) mass is 236 g/mol. The number of ether oxygens (including phenoxy) is 3. The molecule has 5 nitrogen and oxygen atoms in total.